The second kappa shape index (κ2) is 6.14. The van der Waals surface area contributed by atoms with Crippen molar-refractivity contribution in [2.24, 2.45) is 0 Å². The van der Waals surface area contributed by atoms with Crippen molar-refractivity contribution in [3.8, 4) is 0 Å². The summed E-state index contributed by atoms with van der Waals surface area (Å²) in [5, 5.41) is 10.3. The van der Waals surface area contributed by atoms with Gasteiger partial charge in [-0.1, -0.05) is 12.8 Å². The van der Waals surface area contributed by atoms with Crippen molar-refractivity contribution in [1.29, 1.82) is 0 Å². The topological polar surface area (TPSA) is 35.9 Å². The second-order valence-corrected chi connectivity index (χ2v) is 5.62. The minimum absolute atomic E-state index is 0.403. The van der Waals surface area contributed by atoms with Crippen molar-refractivity contribution in [3.05, 3.63) is 0 Å². The summed E-state index contributed by atoms with van der Waals surface area (Å²) in [6, 6.07) is 0. The number of rotatable bonds is 5. The maximum absolute atomic E-state index is 10.3. The average Bonchev–Trinajstić information content (AvgIpc) is 2.74. The molecule has 0 atom stereocenters. The van der Waals surface area contributed by atoms with E-state index in [0.29, 0.717) is 0 Å². The van der Waals surface area contributed by atoms with E-state index in [1.54, 1.807) is 0 Å². The van der Waals surface area contributed by atoms with Gasteiger partial charge in [0.15, 0.2) is 0 Å². The Morgan fingerprint density at radius 1 is 1.24 bits per heavy atom. The molecule has 1 N–H and O–H groups in total. The van der Waals surface area contributed by atoms with Gasteiger partial charge in [0.1, 0.15) is 0 Å². The van der Waals surface area contributed by atoms with Crippen molar-refractivity contribution in [2.45, 2.75) is 31.3 Å². The zero-order chi connectivity index (χ0) is 12.1. The SMILES string of the molecule is CN(CCN1CCOCC1)CC1(O)CCCC1. The molecule has 100 valence electrons. The van der Waals surface area contributed by atoms with Crippen LogP contribution in [0.4, 0.5) is 0 Å². The first-order chi connectivity index (χ1) is 8.18. The van der Waals surface area contributed by atoms with E-state index < -0.39 is 5.60 Å². The van der Waals surface area contributed by atoms with Crippen molar-refractivity contribution < 1.29 is 9.84 Å². The van der Waals surface area contributed by atoms with Crippen LogP contribution in [-0.4, -0.2) is 73.5 Å². The Hall–Kier alpha value is -0.160. The molecule has 2 aliphatic rings. The first kappa shape index (κ1) is 13.3. The standard InChI is InChI=1S/C13H26N2O2/c1-14(12-13(16)4-2-3-5-13)6-7-15-8-10-17-11-9-15/h16H,2-12H2,1H3. The highest BCUT2D eigenvalue weighted by Gasteiger charge is 2.32. The molecule has 2 fully saturated rings. The normalized spacial score (nSPS) is 25.6. The number of hydrogen-bond donors (Lipinski definition) is 1. The third-order valence-corrected chi connectivity index (χ3v) is 4.00. The highest BCUT2D eigenvalue weighted by Crippen LogP contribution is 2.29. The van der Waals surface area contributed by atoms with E-state index in [1.165, 1.54) is 12.8 Å². The summed E-state index contributed by atoms with van der Waals surface area (Å²) in [5.41, 5.74) is -0.403. The van der Waals surface area contributed by atoms with Gasteiger partial charge in [0, 0.05) is 32.7 Å². The molecule has 0 bridgehead atoms. The number of aliphatic hydroxyl groups is 1. The lowest BCUT2D eigenvalue weighted by Gasteiger charge is -2.32. The van der Waals surface area contributed by atoms with Gasteiger partial charge in [-0.05, 0) is 19.9 Å². The Bertz CT molecular complexity index is 223. The van der Waals surface area contributed by atoms with Crippen LogP contribution in [0.25, 0.3) is 0 Å². The third kappa shape index (κ3) is 4.21. The van der Waals surface area contributed by atoms with E-state index >= 15 is 0 Å². The van der Waals surface area contributed by atoms with Gasteiger partial charge < -0.3 is 14.7 Å². The van der Waals surface area contributed by atoms with E-state index in [9.17, 15) is 5.11 Å². The fourth-order valence-corrected chi connectivity index (χ4v) is 2.91. The predicted octanol–water partition coefficient (Wildman–Crippen LogP) is 0.556. The molecule has 0 aromatic carbocycles. The van der Waals surface area contributed by atoms with Crippen LogP contribution in [0.2, 0.25) is 0 Å². The number of morpholine rings is 1. The summed E-state index contributed by atoms with van der Waals surface area (Å²) in [6.45, 7) is 6.81. The zero-order valence-corrected chi connectivity index (χ0v) is 11.0. The molecule has 0 amide bonds. The van der Waals surface area contributed by atoms with E-state index in [4.69, 9.17) is 4.74 Å². The molecule has 0 aromatic rings. The van der Waals surface area contributed by atoms with Crippen LogP contribution in [0.15, 0.2) is 0 Å². The number of likely N-dealkylation sites (N-methyl/N-ethyl adjacent to an activating group) is 1. The smallest absolute Gasteiger partial charge is 0.0774 e. The molecule has 0 radical (unpaired) electrons. The van der Waals surface area contributed by atoms with Gasteiger partial charge in [0.05, 0.1) is 18.8 Å². The average molecular weight is 242 g/mol. The van der Waals surface area contributed by atoms with E-state index in [1.807, 2.05) is 0 Å². The Labute approximate surface area is 105 Å². The van der Waals surface area contributed by atoms with Gasteiger partial charge in [-0.25, -0.2) is 0 Å². The molecule has 1 aliphatic carbocycles. The van der Waals surface area contributed by atoms with Gasteiger partial charge in [0.2, 0.25) is 0 Å². The molecule has 1 aliphatic heterocycles. The number of hydrogen-bond acceptors (Lipinski definition) is 4. The molecular formula is C13H26N2O2. The lowest BCUT2D eigenvalue weighted by atomic mass is 10.0. The van der Waals surface area contributed by atoms with Crippen LogP contribution in [0, 0.1) is 0 Å². The van der Waals surface area contributed by atoms with E-state index in [2.05, 4.69) is 16.8 Å². The molecule has 1 saturated carbocycles. The number of ether oxygens (including phenoxy) is 1. The van der Waals surface area contributed by atoms with Crippen molar-refractivity contribution in [3.63, 3.8) is 0 Å². The highest BCUT2D eigenvalue weighted by atomic mass is 16.5. The van der Waals surface area contributed by atoms with E-state index in [-0.39, 0.29) is 0 Å². The van der Waals surface area contributed by atoms with Crippen LogP contribution < -0.4 is 0 Å². The zero-order valence-electron chi connectivity index (χ0n) is 11.0. The summed E-state index contributed by atoms with van der Waals surface area (Å²) in [7, 11) is 2.12. The maximum atomic E-state index is 10.3. The molecule has 1 heterocycles. The Balaban J connectivity index is 1.64. The molecule has 1 saturated heterocycles. The van der Waals surface area contributed by atoms with Crippen molar-refractivity contribution in [1.82, 2.24) is 9.80 Å². The number of nitrogens with zero attached hydrogens (tertiary/aromatic N) is 2. The van der Waals surface area contributed by atoms with Crippen LogP contribution in [0.3, 0.4) is 0 Å². The predicted molar refractivity (Wildman–Crippen MR) is 68.2 cm³/mol. The molecule has 0 unspecified atom stereocenters. The Kier molecular flexibility index (Phi) is 4.79. The monoisotopic (exact) mass is 242 g/mol. The molecule has 4 heteroatoms. The first-order valence-corrected chi connectivity index (χ1v) is 6.89. The summed E-state index contributed by atoms with van der Waals surface area (Å²) < 4.78 is 5.33. The van der Waals surface area contributed by atoms with Crippen molar-refractivity contribution in [2.75, 3.05) is 53.0 Å². The molecule has 4 nitrogen and oxygen atoms in total. The maximum Gasteiger partial charge on any atom is 0.0774 e. The van der Waals surface area contributed by atoms with Crippen LogP contribution >= 0.6 is 0 Å². The summed E-state index contributed by atoms with van der Waals surface area (Å²) >= 11 is 0. The summed E-state index contributed by atoms with van der Waals surface area (Å²) in [5.74, 6) is 0. The second-order valence-electron chi connectivity index (χ2n) is 5.62. The first-order valence-electron chi connectivity index (χ1n) is 6.89. The fraction of sp³-hybridized carbons (Fsp3) is 1.00. The quantitative estimate of drug-likeness (QED) is 0.764. The molecule has 2 rings (SSSR count). The van der Waals surface area contributed by atoms with Crippen LogP contribution in [0.1, 0.15) is 25.7 Å². The lowest BCUT2D eigenvalue weighted by Crippen LogP contribution is -2.44. The van der Waals surface area contributed by atoms with Crippen LogP contribution in [0.5, 0.6) is 0 Å². The Morgan fingerprint density at radius 2 is 1.88 bits per heavy atom. The van der Waals surface area contributed by atoms with E-state index in [0.717, 1.165) is 58.8 Å². The summed E-state index contributed by atoms with van der Waals surface area (Å²) in [6.07, 6.45) is 4.34. The minimum Gasteiger partial charge on any atom is -0.389 e. The third-order valence-electron chi connectivity index (χ3n) is 4.00. The fourth-order valence-electron chi connectivity index (χ4n) is 2.91. The lowest BCUT2D eigenvalue weighted by molar-refractivity contribution is 0.00643. The summed E-state index contributed by atoms with van der Waals surface area (Å²) in [4.78, 5) is 4.72. The molecule has 0 spiro atoms. The van der Waals surface area contributed by atoms with Gasteiger partial charge >= 0.3 is 0 Å². The van der Waals surface area contributed by atoms with Gasteiger partial charge in [0.25, 0.3) is 0 Å². The highest BCUT2D eigenvalue weighted by molar-refractivity contribution is 4.86. The molecule has 0 aromatic heterocycles. The minimum atomic E-state index is -0.403. The van der Waals surface area contributed by atoms with Gasteiger partial charge in [-0.3, -0.25) is 4.90 Å². The van der Waals surface area contributed by atoms with Crippen LogP contribution in [-0.2, 0) is 4.74 Å². The molecular weight excluding hydrogens is 216 g/mol. The largest absolute Gasteiger partial charge is 0.389 e. The molecule has 17 heavy (non-hydrogen) atoms. The van der Waals surface area contributed by atoms with Gasteiger partial charge in [-0.15, -0.1) is 0 Å². The van der Waals surface area contributed by atoms with Gasteiger partial charge in [-0.2, -0.15) is 0 Å². The van der Waals surface area contributed by atoms with Crippen molar-refractivity contribution >= 4 is 0 Å². The Morgan fingerprint density at radius 3 is 2.53 bits per heavy atom.